The van der Waals surface area contributed by atoms with Gasteiger partial charge < -0.3 is 0 Å². The number of thioether (sulfide) groups is 1. The third-order valence-electron chi connectivity index (χ3n) is 3.20. The molecule has 0 saturated heterocycles. The van der Waals surface area contributed by atoms with Crippen molar-refractivity contribution in [2.45, 2.75) is 16.5 Å². The lowest BCUT2D eigenvalue weighted by molar-refractivity contribution is -0.120. The molecule has 0 fully saturated rings. The molecule has 0 aliphatic carbocycles. The second-order valence-corrected chi connectivity index (χ2v) is 8.44. The van der Waals surface area contributed by atoms with Crippen LogP contribution in [0.25, 0.3) is 10.2 Å². The number of hydrogen-bond acceptors (Lipinski definition) is 5. The van der Waals surface area contributed by atoms with E-state index in [4.69, 9.17) is 0 Å². The SMILES string of the molecule is CC(Sc1nc2ccccc2s1)C(=O)N/N=C\c1ccccc1Br. The van der Waals surface area contributed by atoms with Crippen molar-refractivity contribution in [3.8, 4) is 0 Å². The number of amides is 1. The molecule has 7 heteroatoms. The van der Waals surface area contributed by atoms with Gasteiger partial charge in [-0.25, -0.2) is 10.4 Å². The molecule has 0 saturated carbocycles. The minimum absolute atomic E-state index is 0.150. The Kier molecular flexibility index (Phi) is 5.65. The van der Waals surface area contributed by atoms with Gasteiger partial charge in [-0.1, -0.05) is 58.0 Å². The molecule has 0 spiro atoms. The largest absolute Gasteiger partial charge is 0.272 e. The van der Waals surface area contributed by atoms with Crippen molar-refractivity contribution in [3.63, 3.8) is 0 Å². The first kappa shape index (κ1) is 17.1. The highest BCUT2D eigenvalue weighted by Gasteiger charge is 2.16. The van der Waals surface area contributed by atoms with Gasteiger partial charge in [0.25, 0.3) is 5.91 Å². The second kappa shape index (κ2) is 7.92. The molecule has 1 atom stereocenters. The number of hydrogen-bond donors (Lipinski definition) is 1. The lowest BCUT2D eigenvalue weighted by atomic mass is 10.2. The van der Waals surface area contributed by atoms with Crippen LogP contribution in [-0.4, -0.2) is 22.4 Å². The number of fused-ring (bicyclic) bond motifs is 1. The summed E-state index contributed by atoms with van der Waals surface area (Å²) >= 11 is 6.47. The Morgan fingerprint density at radius 3 is 2.83 bits per heavy atom. The highest BCUT2D eigenvalue weighted by molar-refractivity contribution is 9.10. The number of aromatic nitrogens is 1. The number of halogens is 1. The van der Waals surface area contributed by atoms with Gasteiger partial charge in [0.2, 0.25) is 0 Å². The van der Waals surface area contributed by atoms with E-state index in [1.807, 2.05) is 55.5 Å². The average molecular weight is 420 g/mol. The number of para-hydroxylation sites is 1. The average Bonchev–Trinajstić information content (AvgIpc) is 2.98. The van der Waals surface area contributed by atoms with E-state index in [0.717, 1.165) is 24.6 Å². The number of carbonyl (C=O) groups is 1. The van der Waals surface area contributed by atoms with Gasteiger partial charge >= 0.3 is 0 Å². The molecule has 4 nitrogen and oxygen atoms in total. The zero-order chi connectivity index (χ0) is 16.9. The predicted octanol–water partition coefficient (Wildman–Crippen LogP) is 4.69. The number of thiazole rings is 1. The molecule has 1 unspecified atom stereocenters. The van der Waals surface area contributed by atoms with E-state index in [1.54, 1.807) is 17.6 Å². The summed E-state index contributed by atoms with van der Waals surface area (Å²) in [6, 6.07) is 15.6. The Morgan fingerprint density at radius 2 is 2.04 bits per heavy atom. The maximum absolute atomic E-state index is 12.2. The highest BCUT2D eigenvalue weighted by atomic mass is 79.9. The first-order valence-electron chi connectivity index (χ1n) is 7.23. The highest BCUT2D eigenvalue weighted by Crippen LogP contribution is 2.31. The number of carbonyl (C=O) groups excluding carboxylic acids is 1. The lowest BCUT2D eigenvalue weighted by Gasteiger charge is -2.06. The summed E-state index contributed by atoms with van der Waals surface area (Å²) in [6.07, 6.45) is 1.62. The molecule has 3 rings (SSSR count). The molecule has 1 aromatic heterocycles. The Balaban J connectivity index is 1.59. The van der Waals surface area contributed by atoms with E-state index in [9.17, 15) is 4.79 Å². The number of benzene rings is 2. The molecule has 0 aliphatic heterocycles. The molecule has 2 aromatic carbocycles. The number of nitrogens with one attached hydrogen (secondary N) is 1. The van der Waals surface area contributed by atoms with Crippen LogP contribution in [0.5, 0.6) is 0 Å². The minimum atomic E-state index is -0.276. The molecule has 122 valence electrons. The maximum atomic E-state index is 12.2. The van der Waals surface area contributed by atoms with E-state index in [1.165, 1.54) is 11.8 Å². The summed E-state index contributed by atoms with van der Waals surface area (Å²) in [4.78, 5) is 16.7. The first-order valence-corrected chi connectivity index (χ1v) is 9.72. The fourth-order valence-electron chi connectivity index (χ4n) is 1.94. The van der Waals surface area contributed by atoms with Crippen molar-refractivity contribution >= 4 is 61.4 Å². The van der Waals surface area contributed by atoms with E-state index in [2.05, 4.69) is 31.4 Å². The Labute approximate surface area is 156 Å². The predicted molar refractivity (Wildman–Crippen MR) is 105 cm³/mol. The minimum Gasteiger partial charge on any atom is -0.272 e. The molecule has 0 bridgehead atoms. The molecule has 0 aliphatic rings. The lowest BCUT2D eigenvalue weighted by Crippen LogP contribution is -2.26. The van der Waals surface area contributed by atoms with E-state index < -0.39 is 0 Å². The van der Waals surface area contributed by atoms with E-state index in [0.29, 0.717) is 0 Å². The van der Waals surface area contributed by atoms with Gasteiger partial charge in [-0.05, 0) is 25.1 Å². The van der Waals surface area contributed by atoms with Crippen LogP contribution < -0.4 is 5.43 Å². The van der Waals surface area contributed by atoms with Crippen LogP contribution in [0.1, 0.15) is 12.5 Å². The monoisotopic (exact) mass is 419 g/mol. The Morgan fingerprint density at radius 1 is 1.29 bits per heavy atom. The molecule has 24 heavy (non-hydrogen) atoms. The molecule has 3 aromatic rings. The van der Waals surface area contributed by atoms with Crippen LogP contribution in [0.2, 0.25) is 0 Å². The molecular weight excluding hydrogens is 406 g/mol. The summed E-state index contributed by atoms with van der Waals surface area (Å²) < 4.78 is 2.94. The number of rotatable bonds is 5. The van der Waals surface area contributed by atoms with Crippen LogP contribution in [0.15, 0.2) is 62.4 Å². The summed E-state index contributed by atoms with van der Waals surface area (Å²) in [5.74, 6) is -0.150. The quantitative estimate of drug-likeness (QED) is 0.370. The first-order chi connectivity index (χ1) is 11.6. The van der Waals surface area contributed by atoms with Crippen molar-refractivity contribution in [2.24, 2.45) is 5.10 Å². The third-order valence-corrected chi connectivity index (χ3v) is 6.16. The number of nitrogens with zero attached hydrogens (tertiary/aromatic N) is 2. The molecular formula is C17H14BrN3OS2. The van der Waals surface area contributed by atoms with Gasteiger partial charge in [0.05, 0.1) is 21.7 Å². The van der Waals surface area contributed by atoms with Crippen molar-refractivity contribution in [1.82, 2.24) is 10.4 Å². The normalized spacial score (nSPS) is 12.6. The van der Waals surface area contributed by atoms with Gasteiger partial charge in [0.1, 0.15) is 0 Å². The van der Waals surface area contributed by atoms with Crippen molar-refractivity contribution < 1.29 is 4.79 Å². The molecule has 1 heterocycles. The third kappa shape index (κ3) is 4.23. The molecule has 0 radical (unpaired) electrons. The van der Waals surface area contributed by atoms with Gasteiger partial charge in [0.15, 0.2) is 4.34 Å². The standard InChI is InChI=1S/C17H14BrN3OS2/c1-11(23-17-20-14-8-4-5-9-15(14)24-17)16(22)21-19-10-12-6-2-3-7-13(12)18/h2-11H,1H3,(H,21,22)/b19-10-. The summed E-state index contributed by atoms with van der Waals surface area (Å²) in [5, 5.41) is 3.75. The van der Waals surface area contributed by atoms with E-state index >= 15 is 0 Å². The van der Waals surface area contributed by atoms with E-state index in [-0.39, 0.29) is 11.2 Å². The van der Waals surface area contributed by atoms with Crippen LogP contribution in [0.4, 0.5) is 0 Å². The van der Waals surface area contributed by atoms with Crippen molar-refractivity contribution in [2.75, 3.05) is 0 Å². The maximum Gasteiger partial charge on any atom is 0.253 e. The molecule has 1 amide bonds. The number of hydrazone groups is 1. The van der Waals surface area contributed by atoms with Crippen LogP contribution >= 0.6 is 39.0 Å². The van der Waals surface area contributed by atoms with Crippen LogP contribution in [0, 0.1) is 0 Å². The van der Waals surface area contributed by atoms with Crippen LogP contribution in [0.3, 0.4) is 0 Å². The topological polar surface area (TPSA) is 54.4 Å². The van der Waals surface area contributed by atoms with Gasteiger partial charge in [-0.2, -0.15) is 5.10 Å². The summed E-state index contributed by atoms with van der Waals surface area (Å²) in [5.41, 5.74) is 4.45. The second-order valence-electron chi connectivity index (χ2n) is 4.96. The van der Waals surface area contributed by atoms with Gasteiger partial charge in [0, 0.05) is 10.0 Å². The fourth-order valence-corrected chi connectivity index (χ4v) is 4.53. The van der Waals surface area contributed by atoms with Crippen molar-refractivity contribution in [1.29, 1.82) is 0 Å². The van der Waals surface area contributed by atoms with Crippen molar-refractivity contribution in [3.05, 3.63) is 58.6 Å². The zero-order valence-electron chi connectivity index (χ0n) is 12.8. The smallest absolute Gasteiger partial charge is 0.253 e. The fraction of sp³-hybridized carbons (Fsp3) is 0.118. The summed E-state index contributed by atoms with van der Waals surface area (Å²) in [7, 11) is 0. The van der Waals surface area contributed by atoms with Gasteiger partial charge in [-0.3, -0.25) is 4.79 Å². The van der Waals surface area contributed by atoms with Gasteiger partial charge in [-0.15, -0.1) is 11.3 Å². The zero-order valence-corrected chi connectivity index (χ0v) is 16.0. The van der Waals surface area contributed by atoms with Crippen LogP contribution in [-0.2, 0) is 4.79 Å². The Hall–Kier alpha value is -1.70. The Bertz CT molecular complexity index is 861. The summed E-state index contributed by atoms with van der Waals surface area (Å²) in [6.45, 7) is 1.85. The molecule has 1 N–H and O–H groups in total.